The quantitative estimate of drug-likeness (QED) is 0.403. The van der Waals surface area contributed by atoms with Crippen molar-refractivity contribution in [2.75, 3.05) is 0 Å². The molecule has 0 radical (unpaired) electrons. The largest absolute Gasteiger partial charge is 0.343 e. The van der Waals surface area contributed by atoms with Crippen molar-refractivity contribution < 1.29 is 19.5 Å². The Morgan fingerprint density at radius 2 is 2.00 bits per heavy atom. The minimum atomic E-state index is 0. The van der Waals surface area contributed by atoms with E-state index < -0.39 is 0 Å². The van der Waals surface area contributed by atoms with Gasteiger partial charge in [-0.25, -0.2) is 0 Å². The van der Waals surface area contributed by atoms with Crippen LogP contribution in [-0.2, 0) is 19.5 Å². The van der Waals surface area contributed by atoms with E-state index in [1.54, 1.807) is 0 Å². The fourth-order valence-electron chi connectivity index (χ4n) is 0.204. The van der Waals surface area contributed by atoms with Gasteiger partial charge in [0.15, 0.2) is 0 Å². The SMILES string of the molecule is Br.[CH2-]CCCC#N.[Zn]. The Morgan fingerprint density at radius 1 is 1.50 bits per heavy atom. The van der Waals surface area contributed by atoms with Gasteiger partial charge in [0, 0.05) is 25.9 Å². The summed E-state index contributed by atoms with van der Waals surface area (Å²) in [6, 6.07) is 2.03. The normalized spacial score (nSPS) is 5.50. The first-order valence-corrected chi connectivity index (χ1v) is 2.08. The summed E-state index contributed by atoms with van der Waals surface area (Å²) < 4.78 is 0. The van der Waals surface area contributed by atoms with Crippen LogP contribution in [0, 0.1) is 18.3 Å². The third-order valence-corrected chi connectivity index (χ3v) is 0.539. The predicted octanol–water partition coefficient (Wildman–Crippen LogP) is 2.09. The van der Waals surface area contributed by atoms with E-state index in [4.69, 9.17) is 5.26 Å². The molecule has 8 heavy (non-hydrogen) atoms. The Hall–Kier alpha value is 0.593. The van der Waals surface area contributed by atoms with Crippen molar-refractivity contribution in [1.82, 2.24) is 0 Å². The summed E-state index contributed by atoms with van der Waals surface area (Å²) in [6.07, 6.45) is 2.48. The Labute approximate surface area is 74.0 Å². The van der Waals surface area contributed by atoms with Crippen molar-refractivity contribution in [3.05, 3.63) is 6.92 Å². The van der Waals surface area contributed by atoms with E-state index in [1.165, 1.54) is 0 Å². The van der Waals surface area contributed by atoms with Crippen molar-refractivity contribution in [1.29, 1.82) is 5.26 Å². The van der Waals surface area contributed by atoms with Gasteiger partial charge in [0.25, 0.3) is 0 Å². The van der Waals surface area contributed by atoms with E-state index in [0.717, 1.165) is 12.8 Å². The van der Waals surface area contributed by atoms with Crippen molar-refractivity contribution in [3.63, 3.8) is 0 Å². The number of hydrogen-bond donors (Lipinski definition) is 0. The molecule has 0 aromatic rings. The molecular formula is C5H9BrNZn-. The van der Waals surface area contributed by atoms with Crippen LogP contribution in [0.4, 0.5) is 0 Å². The molecule has 0 aliphatic carbocycles. The summed E-state index contributed by atoms with van der Waals surface area (Å²) in [7, 11) is 0. The molecule has 0 atom stereocenters. The van der Waals surface area contributed by atoms with E-state index in [1.807, 2.05) is 6.07 Å². The van der Waals surface area contributed by atoms with Gasteiger partial charge in [0.2, 0.25) is 0 Å². The first kappa shape index (κ1) is 15.8. The molecule has 0 N–H and O–H groups in total. The van der Waals surface area contributed by atoms with Crippen LogP contribution in [0.5, 0.6) is 0 Å². The van der Waals surface area contributed by atoms with Crippen molar-refractivity contribution >= 4 is 17.0 Å². The molecule has 0 bridgehead atoms. The molecule has 0 aromatic carbocycles. The molecule has 0 heterocycles. The van der Waals surface area contributed by atoms with Crippen LogP contribution in [0.15, 0.2) is 0 Å². The van der Waals surface area contributed by atoms with Gasteiger partial charge in [-0.3, -0.25) is 0 Å². The second-order valence-corrected chi connectivity index (χ2v) is 1.12. The van der Waals surface area contributed by atoms with Gasteiger partial charge in [-0.2, -0.15) is 11.7 Å². The summed E-state index contributed by atoms with van der Waals surface area (Å²) in [6.45, 7) is 3.57. The van der Waals surface area contributed by atoms with Gasteiger partial charge in [-0.05, 0) is 0 Å². The molecule has 1 nitrogen and oxygen atoms in total. The molecule has 44 valence electrons. The van der Waals surface area contributed by atoms with Crippen LogP contribution in [0.25, 0.3) is 0 Å². The van der Waals surface area contributed by atoms with E-state index in [9.17, 15) is 0 Å². The van der Waals surface area contributed by atoms with Crippen LogP contribution >= 0.6 is 17.0 Å². The molecule has 0 saturated heterocycles. The van der Waals surface area contributed by atoms with E-state index >= 15 is 0 Å². The standard InChI is InChI=1S/C5H8N.BrH.Zn/c1-2-3-4-5-6;;/h1-4H2;1H;/q-1;;. The summed E-state index contributed by atoms with van der Waals surface area (Å²) >= 11 is 0. The van der Waals surface area contributed by atoms with Crippen LogP contribution in [0.3, 0.4) is 0 Å². The third kappa shape index (κ3) is 16.0. The van der Waals surface area contributed by atoms with Gasteiger partial charge in [0.1, 0.15) is 0 Å². The smallest absolute Gasteiger partial charge is 0.0620 e. The molecule has 0 fully saturated rings. The Kier molecular flexibility index (Phi) is 31.0. The van der Waals surface area contributed by atoms with Crippen molar-refractivity contribution in [3.8, 4) is 6.07 Å². The minimum Gasteiger partial charge on any atom is -0.343 e. The molecule has 0 aliphatic heterocycles. The summed E-state index contributed by atoms with van der Waals surface area (Å²) in [5, 5.41) is 7.92. The van der Waals surface area contributed by atoms with Crippen molar-refractivity contribution in [2.45, 2.75) is 19.3 Å². The molecular weight excluding hydrogens is 219 g/mol. The number of nitrogens with zero attached hydrogens (tertiary/aromatic N) is 1. The molecule has 0 unspecified atom stereocenters. The zero-order valence-electron chi connectivity index (χ0n) is 4.89. The maximum atomic E-state index is 7.92. The molecule has 0 aliphatic rings. The topological polar surface area (TPSA) is 23.8 Å². The number of hydrogen-bond acceptors (Lipinski definition) is 1. The summed E-state index contributed by atoms with van der Waals surface area (Å²) in [5.74, 6) is 0. The molecule has 0 rings (SSSR count). The predicted molar refractivity (Wildman–Crippen MR) is 35.1 cm³/mol. The molecule has 0 saturated carbocycles. The fraction of sp³-hybridized carbons (Fsp3) is 0.600. The zero-order chi connectivity index (χ0) is 4.83. The van der Waals surface area contributed by atoms with Gasteiger partial charge < -0.3 is 6.92 Å². The first-order valence-electron chi connectivity index (χ1n) is 2.08. The number of unbranched alkanes of at least 4 members (excludes halogenated alkanes) is 2. The second-order valence-electron chi connectivity index (χ2n) is 1.12. The zero-order valence-corrected chi connectivity index (χ0v) is 9.57. The van der Waals surface area contributed by atoms with Crippen molar-refractivity contribution in [2.24, 2.45) is 0 Å². The van der Waals surface area contributed by atoms with Crippen LogP contribution in [-0.4, -0.2) is 0 Å². The van der Waals surface area contributed by atoms with Gasteiger partial charge >= 0.3 is 0 Å². The average molecular weight is 228 g/mol. The molecule has 3 heteroatoms. The molecule has 0 spiro atoms. The fourth-order valence-corrected chi connectivity index (χ4v) is 0.204. The first-order chi connectivity index (χ1) is 2.91. The van der Waals surface area contributed by atoms with E-state index in [-0.39, 0.29) is 36.5 Å². The van der Waals surface area contributed by atoms with Crippen LogP contribution < -0.4 is 0 Å². The van der Waals surface area contributed by atoms with Crippen LogP contribution in [0.2, 0.25) is 0 Å². The van der Waals surface area contributed by atoms with Gasteiger partial charge in [-0.15, -0.1) is 17.0 Å². The van der Waals surface area contributed by atoms with Gasteiger partial charge in [0.05, 0.1) is 6.07 Å². The Bertz CT molecular complexity index is 59.9. The summed E-state index contributed by atoms with van der Waals surface area (Å²) in [4.78, 5) is 0. The summed E-state index contributed by atoms with van der Waals surface area (Å²) in [5.41, 5.74) is 0. The maximum Gasteiger partial charge on any atom is 0.0620 e. The number of rotatable bonds is 2. The Balaban J connectivity index is -0.000000125. The molecule has 0 aromatic heterocycles. The van der Waals surface area contributed by atoms with Crippen LogP contribution in [0.1, 0.15) is 19.3 Å². The third-order valence-electron chi connectivity index (χ3n) is 0.539. The average Bonchev–Trinajstić information content (AvgIpc) is 1.61. The van der Waals surface area contributed by atoms with E-state index in [2.05, 4.69) is 6.92 Å². The van der Waals surface area contributed by atoms with E-state index in [0.29, 0.717) is 6.42 Å². The molecule has 0 amide bonds. The maximum absolute atomic E-state index is 7.92. The number of halogens is 1. The monoisotopic (exact) mass is 226 g/mol. The second kappa shape index (κ2) is 15.6. The van der Waals surface area contributed by atoms with Gasteiger partial charge in [-0.1, -0.05) is 6.42 Å². The Morgan fingerprint density at radius 3 is 2.12 bits per heavy atom. The minimum absolute atomic E-state index is 0. The number of nitriles is 1.